The molecule has 2 N–H and O–H groups in total. The van der Waals surface area contributed by atoms with E-state index in [0.29, 0.717) is 16.8 Å². The number of amidine groups is 1. The molecule has 1 aliphatic rings. The highest BCUT2D eigenvalue weighted by molar-refractivity contribution is 6.30. The lowest BCUT2D eigenvalue weighted by Crippen LogP contribution is -2.13. The summed E-state index contributed by atoms with van der Waals surface area (Å²) in [6.45, 7) is 0. The predicted octanol–water partition coefficient (Wildman–Crippen LogP) is 2.88. The van der Waals surface area contributed by atoms with Crippen LogP contribution in [0.3, 0.4) is 0 Å². The van der Waals surface area contributed by atoms with Crippen LogP contribution in [0.15, 0.2) is 23.2 Å². The highest BCUT2D eigenvalue weighted by atomic mass is 35.5. The predicted molar refractivity (Wildman–Crippen MR) is 55.4 cm³/mol. The number of rotatable bonds is 2. The van der Waals surface area contributed by atoms with Crippen molar-refractivity contribution in [3.8, 4) is 0 Å². The molecular formula is C10H10ClFN2. The van der Waals surface area contributed by atoms with Crippen LogP contribution < -0.4 is 5.73 Å². The third-order valence-electron chi connectivity index (χ3n) is 2.15. The molecule has 74 valence electrons. The van der Waals surface area contributed by atoms with E-state index in [1.807, 2.05) is 0 Å². The van der Waals surface area contributed by atoms with E-state index in [1.54, 1.807) is 0 Å². The highest BCUT2D eigenvalue weighted by Gasteiger charge is 2.25. The molecule has 1 saturated carbocycles. The number of hydrogen-bond donors (Lipinski definition) is 1. The van der Waals surface area contributed by atoms with E-state index < -0.39 is 5.82 Å². The molecule has 0 radical (unpaired) electrons. The second-order valence-electron chi connectivity index (χ2n) is 3.41. The molecule has 0 spiro atoms. The second kappa shape index (κ2) is 3.58. The van der Waals surface area contributed by atoms with Crippen LogP contribution in [-0.2, 0) is 0 Å². The topological polar surface area (TPSA) is 38.4 Å². The first-order valence-corrected chi connectivity index (χ1v) is 4.84. The summed E-state index contributed by atoms with van der Waals surface area (Å²) in [4.78, 5) is 4.02. The molecule has 1 aromatic rings. The van der Waals surface area contributed by atoms with Gasteiger partial charge in [-0.3, -0.25) is 0 Å². The van der Waals surface area contributed by atoms with Crippen molar-refractivity contribution in [2.24, 2.45) is 16.6 Å². The minimum absolute atomic E-state index is 0.224. The molecule has 0 unspecified atom stereocenters. The lowest BCUT2D eigenvalue weighted by molar-refractivity contribution is 0.630. The maximum Gasteiger partial charge on any atom is 0.148 e. The van der Waals surface area contributed by atoms with Gasteiger partial charge in [0.25, 0.3) is 0 Å². The zero-order valence-corrected chi connectivity index (χ0v) is 8.26. The van der Waals surface area contributed by atoms with Gasteiger partial charge in [-0.25, -0.2) is 9.38 Å². The van der Waals surface area contributed by atoms with Crippen molar-refractivity contribution in [3.05, 3.63) is 29.0 Å². The lowest BCUT2D eigenvalue weighted by Gasteiger charge is -2.00. The Kier molecular flexibility index (Phi) is 2.42. The van der Waals surface area contributed by atoms with Gasteiger partial charge < -0.3 is 5.73 Å². The van der Waals surface area contributed by atoms with Gasteiger partial charge in [0, 0.05) is 10.9 Å². The van der Waals surface area contributed by atoms with Crippen LogP contribution in [0, 0.1) is 11.7 Å². The SMILES string of the molecule is NC(=Nc1cc(Cl)ccc1F)C1CC1. The first-order valence-electron chi connectivity index (χ1n) is 4.46. The minimum atomic E-state index is -0.391. The second-order valence-corrected chi connectivity index (χ2v) is 3.84. The maximum absolute atomic E-state index is 13.2. The summed E-state index contributed by atoms with van der Waals surface area (Å²) in [6, 6.07) is 4.26. The summed E-state index contributed by atoms with van der Waals surface area (Å²) in [5.74, 6) is 0.456. The van der Waals surface area contributed by atoms with Crippen molar-refractivity contribution < 1.29 is 4.39 Å². The summed E-state index contributed by atoms with van der Waals surface area (Å²) in [7, 11) is 0. The first kappa shape index (κ1) is 9.46. The van der Waals surface area contributed by atoms with E-state index in [9.17, 15) is 4.39 Å². The van der Waals surface area contributed by atoms with Gasteiger partial charge in [0.05, 0.1) is 0 Å². The molecule has 0 saturated heterocycles. The Morgan fingerprint density at radius 3 is 2.86 bits per heavy atom. The largest absolute Gasteiger partial charge is 0.387 e. The average Bonchev–Trinajstić information content (AvgIpc) is 2.94. The van der Waals surface area contributed by atoms with Gasteiger partial charge in [0.2, 0.25) is 0 Å². The monoisotopic (exact) mass is 212 g/mol. The van der Waals surface area contributed by atoms with Gasteiger partial charge in [0.1, 0.15) is 17.3 Å². The molecule has 0 aliphatic heterocycles. The number of nitrogens with zero attached hydrogens (tertiary/aromatic N) is 1. The summed E-state index contributed by atoms with van der Waals surface area (Å²) >= 11 is 5.72. The van der Waals surface area contributed by atoms with E-state index >= 15 is 0 Å². The van der Waals surface area contributed by atoms with Crippen molar-refractivity contribution in [2.75, 3.05) is 0 Å². The molecule has 0 atom stereocenters. The van der Waals surface area contributed by atoms with Crippen molar-refractivity contribution in [3.63, 3.8) is 0 Å². The summed E-state index contributed by atoms with van der Waals surface area (Å²) in [6.07, 6.45) is 2.11. The van der Waals surface area contributed by atoms with Gasteiger partial charge in [-0.2, -0.15) is 0 Å². The van der Waals surface area contributed by atoms with Gasteiger partial charge >= 0.3 is 0 Å². The Morgan fingerprint density at radius 2 is 2.21 bits per heavy atom. The van der Waals surface area contributed by atoms with Crippen molar-refractivity contribution in [1.29, 1.82) is 0 Å². The van der Waals surface area contributed by atoms with E-state index in [1.165, 1.54) is 18.2 Å². The van der Waals surface area contributed by atoms with Gasteiger partial charge in [0.15, 0.2) is 0 Å². The van der Waals surface area contributed by atoms with Crippen molar-refractivity contribution in [1.82, 2.24) is 0 Å². The van der Waals surface area contributed by atoms with Gasteiger partial charge in [-0.15, -0.1) is 0 Å². The van der Waals surface area contributed by atoms with Crippen molar-refractivity contribution >= 4 is 23.1 Å². The molecular weight excluding hydrogens is 203 g/mol. The zero-order valence-electron chi connectivity index (χ0n) is 7.50. The third kappa shape index (κ3) is 2.04. The molecule has 2 rings (SSSR count). The fourth-order valence-electron chi connectivity index (χ4n) is 1.18. The average molecular weight is 213 g/mol. The highest BCUT2D eigenvalue weighted by Crippen LogP contribution is 2.31. The van der Waals surface area contributed by atoms with E-state index in [0.717, 1.165) is 12.8 Å². The molecule has 0 heterocycles. The lowest BCUT2D eigenvalue weighted by atomic mass is 10.3. The quantitative estimate of drug-likeness (QED) is 0.594. The Labute approximate surface area is 86.6 Å². The van der Waals surface area contributed by atoms with E-state index in [4.69, 9.17) is 17.3 Å². The fraction of sp³-hybridized carbons (Fsp3) is 0.300. The smallest absolute Gasteiger partial charge is 0.148 e. The van der Waals surface area contributed by atoms with Gasteiger partial charge in [-0.05, 0) is 31.0 Å². The molecule has 4 heteroatoms. The standard InChI is InChI=1S/C10H10ClFN2/c11-7-3-4-8(12)9(5-7)14-10(13)6-1-2-6/h3-6H,1-2H2,(H2,13,14). The summed E-state index contributed by atoms with van der Waals surface area (Å²) in [5, 5.41) is 0.466. The first-order chi connectivity index (χ1) is 6.66. The molecule has 14 heavy (non-hydrogen) atoms. The minimum Gasteiger partial charge on any atom is -0.387 e. The normalized spacial score (nSPS) is 17.1. The molecule has 1 aromatic carbocycles. The molecule has 0 bridgehead atoms. The van der Waals surface area contributed by atoms with Gasteiger partial charge in [-0.1, -0.05) is 11.6 Å². The van der Waals surface area contributed by atoms with Crippen LogP contribution in [0.2, 0.25) is 5.02 Å². The Balaban J connectivity index is 2.30. The zero-order chi connectivity index (χ0) is 10.1. The number of benzene rings is 1. The van der Waals surface area contributed by atoms with Crippen molar-refractivity contribution in [2.45, 2.75) is 12.8 Å². The van der Waals surface area contributed by atoms with E-state index in [-0.39, 0.29) is 5.69 Å². The molecule has 0 amide bonds. The number of hydrogen-bond acceptors (Lipinski definition) is 1. The fourth-order valence-corrected chi connectivity index (χ4v) is 1.35. The Hall–Kier alpha value is -1.09. The third-order valence-corrected chi connectivity index (χ3v) is 2.39. The Bertz CT molecular complexity index is 386. The van der Waals surface area contributed by atoms with Crippen LogP contribution >= 0.6 is 11.6 Å². The number of halogens is 2. The van der Waals surface area contributed by atoms with Crippen LogP contribution in [0.25, 0.3) is 0 Å². The van der Waals surface area contributed by atoms with Crippen LogP contribution in [-0.4, -0.2) is 5.84 Å². The Morgan fingerprint density at radius 1 is 1.50 bits per heavy atom. The van der Waals surface area contributed by atoms with E-state index in [2.05, 4.69) is 4.99 Å². The molecule has 1 fully saturated rings. The van der Waals surface area contributed by atoms with Crippen LogP contribution in [0.4, 0.5) is 10.1 Å². The summed E-state index contributed by atoms with van der Waals surface area (Å²) in [5.41, 5.74) is 5.89. The van der Waals surface area contributed by atoms with Crippen LogP contribution in [0.1, 0.15) is 12.8 Å². The maximum atomic E-state index is 13.2. The van der Waals surface area contributed by atoms with Crippen LogP contribution in [0.5, 0.6) is 0 Å². The molecule has 2 nitrogen and oxygen atoms in total. The number of nitrogens with two attached hydrogens (primary N) is 1. The summed E-state index contributed by atoms with van der Waals surface area (Å²) < 4.78 is 13.2. The molecule has 0 aromatic heterocycles. The molecule has 1 aliphatic carbocycles. The number of aliphatic imine (C=N–C) groups is 1.